The van der Waals surface area contributed by atoms with Crippen molar-refractivity contribution in [3.8, 4) is 5.75 Å². The average Bonchev–Trinajstić information content (AvgIpc) is 2.93. The third-order valence-electron chi connectivity index (χ3n) is 4.38. The molecule has 0 saturated heterocycles. The molecule has 1 aliphatic rings. The van der Waals surface area contributed by atoms with E-state index in [0.29, 0.717) is 32.7 Å². The number of anilines is 1. The quantitative estimate of drug-likeness (QED) is 0.525. The maximum absolute atomic E-state index is 13.2. The number of hydrogen-bond donors (Lipinski definition) is 0. The van der Waals surface area contributed by atoms with E-state index in [1.165, 1.54) is 12.0 Å². The normalized spacial score (nSPS) is 15.4. The zero-order valence-corrected chi connectivity index (χ0v) is 17.0. The Morgan fingerprint density at radius 3 is 2.32 bits per heavy atom. The lowest BCUT2D eigenvalue weighted by molar-refractivity contribution is -0.136. The van der Waals surface area contributed by atoms with Crippen LogP contribution < -0.4 is 9.64 Å². The zero-order valence-electron chi connectivity index (χ0n) is 15.5. The summed E-state index contributed by atoms with van der Waals surface area (Å²) in [6.07, 6.45) is 1.57. The van der Waals surface area contributed by atoms with Crippen LogP contribution >= 0.6 is 23.2 Å². The summed E-state index contributed by atoms with van der Waals surface area (Å²) < 4.78 is 10.1. The molecule has 5 nitrogen and oxygen atoms in total. The second-order valence-corrected chi connectivity index (χ2v) is 6.86. The summed E-state index contributed by atoms with van der Waals surface area (Å²) in [5.74, 6) is -0.291. The van der Waals surface area contributed by atoms with E-state index in [1.54, 1.807) is 62.6 Å². The van der Waals surface area contributed by atoms with Crippen molar-refractivity contribution in [3.05, 3.63) is 74.9 Å². The summed E-state index contributed by atoms with van der Waals surface area (Å²) in [4.78, 5) is 27.1. The summed E-state index contributed by atoms with van der Waals surface area (Å²) in [6, 6.07) is 11.9. The molecule has 0 spiro atoms. The van der Waals surface area contributed by atoms with E-state index in [-0.39, 0.29) is 17.1 Å². The number of allylic oxidation sites excluding steroid dienone is 1. The zero-order chi connectivity index (χ0) is 20.4. The van der Waals surface area contributed by atoms with Crippen LogP contribution in [-0.2, 0) is 14.3 Å². The summed E-state index contributed by atoms with van der Waals surface area (Å²) in [7, 11) is 2.84. The Kier molecular flexibility index (Phi) is 5.77. The molecule has 0 fully saturated rings. The van der Waals surface area contributed by atoms with Crippen molar-refractivity contribution in [2.75, 3.05) is 19.1 Å². The molecule has 0 atom stereocenters. The van der Waals surface area contributed by atoms with Gasteiger partial charge in [-0.2, -0.15) is 0 Å². The Balaban J connectivity index is 2.13. The van der Waals surface area contributed by atoms with Gasteiger partial charge in [-0.3, -0.25) is 9.69 Å². The van der Waals surface area contributed by atoms with Crippen molar-refractivity contribution in [3.63, 3.8) is 0 Å². The molecule has 0 saturated carbocycles. The summed E-state index contributed by atoms with van der Waals surface area (Å²) in [6.45, 7) is 1.69. The number of benzene rings is 2. The fourth-order valence-electron chi connectivity index (χ4n) is 3.00. The third-order valence-corrected chi connectivity index (χ3v) is 4.94. The molecule has 2 aromatic carbocycles. The van der Waals surface area contributed by atoms with Gasteiger partial charge in [-0.05, 0) is 55.0 Å². The van der Waals surface area contributed by atoms with Gasteiger partial charge in [0.2, 0.25) is 0 Å². The van der Waals surface area contributed by atoms with Gasteiger partial charge >= 0.3 is 5.97 Å². The number of amides is 1. The van der Waals surface area contributed by atoms with Gasteiger partial charge in [0.25, 0.3) is 5.91 Å². The highest BCUT2D eigenvalue weighted by molar-refractivity contribution is 6.36. The third kappa shape index (κ3) is 3.63. The topological polar surface area (TPSA) is 55.8 Å². The van der Waals surface area contributed by atoms with Crippen LogP contribution in [0.15, 0.2) is 59.3 Å². The number of methoxy groups -OCH3 is 2. The number of hydrogen-bond acceptors (Lipinski definition) is 4. The Hall–Kier alpha value is -2.76. The predicted octanol–water partition coefficient (Wildman–Crippen LogP) is 4.88. The number of carbonyl (C=O) groups excluding carboxylic acids is 2. The van der Waals surface area contributed by atoms with E-state index in [9.17, 15) is 9.59 Å². The second-order valence-electron chi connectivity index (χ2n) is 6.01. The fraction of sp³-hybridized carbons (Fsp3) is 0.143. The molecule has 0 bridgehead atoms. The monoisotopic (exact) mass is 417 g/mol. The standard InChI is InChI=1S/C21H17Cl2NO4/c1-12-19(21(26)28-3)17(10-13-4-5-14(22)11-18(13)23)20(25)24(12)15-6-8-16(27-2)9-7-15/h4-11H,1-3H3/b17-10-. The molecule has 1 aliphatic heterocycles. The molecule has 2 aromatic rings. The van der Waals surface area contributed by atoms with Crippen LogP contribution in [0.3, 0.4) is 0 Å². The highest BCUT2D eigenvalue weighted by Crippen LogP contribution is 2.36. The highest BCUT2D eigenvalue weighted by Gasteiger charge is 2.38. The van der Waals surface area contributed by atoms with E-state index >= 15 is 0 Å². The largest absolute Gasteiger partial charge is 0.497 e. The number of ether oxygens (including phenoxy) is 2. The first-order chi connectivity index (χ1) is 13.4. The van der Waals surface area contributed by atoms with E-state index < -0.39 is 5.97 Å². The first-order valence-corrected chi connectivity index (χ1v) is 9.07. The molecule has 0 unspecified atom stereocenters. The average molecular weight is 418 g/mol. The van der Waals surface area contributed by atoms with Crippen LogP contribution in [0.1, 0.15) is 12.5 Å². The van der Waals surface area contributed by atoms with Crippen LogP contribution in [0.25, 0.3) is 6.08 Å². The van der Waals surface area contributed by atoms with Crippen molar-refractivity contribution in [1.29, 1.82) is 0 Å². The Bertz CT molecular complexity index is 1010. The summed E-state index contributed by atoms with van der Waals surface area (Å²) >= 11 is 12.2. The maximum atomic E-state index is 13.2. The van der Waals surface area contributed by atoms with Crippen molar-refractivity contribution >= 4 is 46.8 Å². The van der Waals surface area contributed by atoms with E-state index in [4.69, 9.17) is 32.7 Å². The van der Waals surface area contributed by atoms with Gasteiger partial charge in [0.05, 0.1) is 25.4 Å². The number of rotatable bonds is 4. The smallest absolute Gasteiger partial charge is 0.340 e. The summed E-state index contributed by atoms with van der Waals surface area (Å²) in [5, 5.41) is 0.849. The van der Waals surface area contributed by atoms with E-state index in [2.05, 4.69) is 0 Å². The van der Waals surface area contributed by atoms with Crippen LogP contribution in [0.5, 0.6) is 5.75 Å². The molecular weight excluding hydrogens is 401 g/mol. The van der Waals surface area contributed by atoms with E-state index in [0.717, 1.165) is 0 Å². The molecular formula is C21H17Cl2NO4. The molecule has 1 amide bonds. The van der Waals surface area contributed by atoms with Gasteiger partial charge in [-0.1, -0.05) is 29.3 Å². The molecule has 1 heterocycles. The Labute approximate surface area is 172 Å². The number of carbonyl (C=O) groups is 2. The van der Waals surface area contributed by atoms with Crippen LogP contribution in [0, 0.1) is 0 Å². The minimum absolute atomic E-state index is 0.189. The molecule has 3 rings (SSSR count). The first-order valence-electron chi connectivity index (χ1n) is 8.32. The lowest BCUT2D eigenvalue weighted by Gasteiger charge is -2.18. The molecule has 0 radical (unpaired) electrons. The number of nitrogens with zero attached hydrogens (tertiary/aromatic N) is 1. The molecule has 144 valence electrons. The lowest BCUT2D eigenvalue weighted by Crippen LogP contribution is -2.24. The fourth-order valence-corrected chi connectivity index (χ4v) is 3.46. The number of esters is 1. The first kappa shape index (κ1) is 20.0. The maximum Gasteiger partial charge on any atom is 0.340 e. The Morgan fingerprint density at radius 1 is 1.07 bits per heavy atom. The van der Waals surface area contributed by atoms with Crippen molar-refractivity contribution in [1.82, 2.24) is 0 Å². The molecule has 0 aromatic heterocycles. The summed E-state index contributed by atoms with van der Waals surface area (Å²) in [5.41, 5.74) is 2.03. The molecule has 0 aliphatic carbocycles. The van der Waals surface area contributed by atoms with Crippen LogP contribution in [0.2, 0.25) is 10.0 Å². The van der Waals surface area contributed by atoms with Crippen molar-refractivity contribution < 1.29 is 19.1 Å². The number of halogens is 2. The molecule has 0 N–H and O–H groups in total. The second kappa shape index (κ2) is 8.09. The van der Waals surface area contributed by atoms with Gasteiger partial charge in [-0.15, -0.1) is 0 Å². The lowest BCUT2D eigenvalue weighted by atomic mass is 10.0. The minimum Gasteiger partial charge on any atom is -0.497 e. The van der Waals surface area contributed by atoms with Gasteiger partial charge in [0.1, 0.15) is 5.75 Å². The molecule has 28 heavy (non-hydrogen) atoms. The Morgan fingerprint density at radius 2 is 1.75 bits per heavy atom. The van der Waals surface area contributed by atoms with Crippen LogP contribution in [0.4, 0.5) is 5.69 Å². The van der Waals surface area contributed by atoms with Gasteiger partial charge in [-0.25, -0.2) is 4.79 Å². The van der Waals surface area contributed by atoms with Crippen molar-refractivity contribution in [2.24, 2.45) is 0 Å². The predicted molar refractivity (Wildman–Crippen MR) is 110 cm³/mol. The van der Waals surface area contributed by atoms with Gasteiger partial charge in [0, 0.05) is 21.4 Å². The van der Waals surface area contributed by atoms with E-state index in [1.807, 2.05) is 0 Å². The van der Waals surface area contributed by atoms with Gasteiger partial charge < -0.3 is 9.47 Å². The van der Waals surface area contributed by atoms with Crippen LogP contribution in [-0.4, -0.2) is 26.1 Å². The highest BCUT2D eigenvalue weighted by atomic mass is 35.5. The molecule has 7 heteroatoms. The van der Waals surface area contributed by atoms with Crippen molar-refractivity contribution in [2.45, 2.75) is 6.92 Å². The SMILES string of the molecule is COC(=O)C1=C(C)N(c2ccc(OC)cc2)C(=O)/C1=C\c1ccc(Cl)cc1Cl. The minimum atomic E-state index is -0.599. The van der Waals surface area contributed by atoms with Gasteiger partial charge in [0.15, 0.2) is 0 Å².